The molecule has 0 spiro atoms. The second-order valence-corrected chi connectivity index (χ2v) is 4.93. The lowest BCUT2D eigenvalue weighted by atomic mass is 10.0. The molecule has 0 bridgehead atoms. The van der Waals surface area contributed by atoms with Gasteiger partial charge in [0.05, 0.1) is 5.56 Å². The zero-order valence-corrected chi connectivity index (χ0v) is 11.4. The molecular weight excluding hydrogens is 250 g/mol. The van der Waals surface area contributed by atoms with E-state index < -0.39 is 0 Å². The van der Waals surface area contributed by atoms with Crippen LogP contribution in [0.4, 0.5) is 5.69 Å². The van der Waals surface area contributed by atoms with Crippen LogP contribution >= 0.6 is 0 Å². The predicted octanol–water partition coefficient (Wildman–Crippen LogP) is 2.56. The number of fused-ring (bicyclic) bond motifs is 1. The number of nitrogens with two attached hydrogens (primary N) is 1. The molecule has 0 fully saturated rings. The third-order valence-electron chi connectivity index (χ3n) is 3.53. The van der Waals surface area contributed by atoms with E-state index in [9.17, 15) is 4.79 Å². The highest BCUT2D eigenvalue weighted by Crippen LogP contribution is 2.24. The molecule has 2 aromatic heterocycles. The van der Waals surface area contributed by atoms with Gasteiger partial charge in [-0.2, -0.15) is 0 Å². The van der Waals surface area contributed by atoms with Gasteiger partial charge in [-0.25, -0.2) is 4.98 Å². The summed E-state index contributed by atoms with van der Waals surface area (Å²) >= 11 is 0. The van der Waals surface area contributed by atoms with E-state index in [0.29, 0.717) is 16.9 Å². The zero-order chi connectivity index (χ0) is 14.3. The number of nitrogen functional groups attached to an aromatic ring is 1. The van der Waals surface area contributed by atoms with E-state index in [1.54, 1.807) is 16.8 Å². The Kier molecular flexibility index (Phi) is 2.79. The molecule has 0 saturated carbocycles. The maximum atomic E-state index is 12.6. The Hall–Kier alpha value is -2.62. The van der Waals surface area contributed by atoms with Gasteiger partial charge in [-0.15, -0.1) is 0 Å². The topological polar surface area (TPSA) is 60.4 Å². The van der Waals surface area contributed by atoms with Gasteiger partial charge in [-0.3, -0.25) is 9.20 Å². The number of anilines is 1. The minimum atomic E-state index is -0.0799. The van der Waals surface area contributed by atoms with Crippen LogP contribution in [0.1, 0.15) is 11.1 Å². The molecule has 3 aromatic rings. The summed E-state index contributed by atoms with van der Waals surface area (Å²) in [6.07, 6.45) is 3.38. The molecular formula is C16H15N3O. The summed E-state index contributed by atoms with van der Waals surface area (Å²) in [6.45, 7) is 3.89. The smallest absolute Gasteiger partial charge is 0.265 e. The van der Waals surface area contributed by atoms with E-state index in [1.807, 2.05) is 44.2 Å². The zero-order valence-electron chi connectivity index (χ0n) is 11.4. The maximum absolute atomic E-state index is 12.6. The third-order valence-corrected chi connectivity index (χ3v) is 3.53. The average Bonchev–Trinajstić information content (AvgIpc) is 2.43. The number of benzene rings is 1. The molecule has 100 valence electrons. The Bertz CT molecular complexity index is 865. The summed E-state index contributed by atoms with van der Waals surface area (Å²) < 4.78 is 1.56. The molecule has 0 aliphatic rings. The second-order valence-electron chi connectivity index (χ2n) is 4.93. The van der Waals surface area contributed by atoms with E-state index in [0.717, 1.165) is 16.7 Å². The molecule has 1 aromatic carbocycles. The molecule has 0 atom stereocenters. The molecule has 2 N–H and O–H groups in total. The number of pyridine rings is 1. The first-order valence-electron chi connectivity index (χ1n) is 6.41. The first-order valence-corrected chi connectivity index (χ1v) is 6.41. The summed E-state index contributed by atoms with van der Waals surface area (Å²) in [6, 6.07) is 9.35. The predicted molar refractivity (Wildman–Crippen MR) is 80.8 cm³/mol. The molecule has 0 saturated heterocycles. The van der Waals surface area contributed by atoms with E-state index in [-0.39, 0.29) is 5.56 Å². The van der Waals surface area contributed by atoms with Crippen molar-refractivity contribution in [2.24, 2.45) is 0 Å². The summed E-state index contributed by atoms with van der Waals surface area (Å²) in [5.74, 6) is 0. The van der Waals surface area contributed by atoms with Gasteiger partial charge >= 0.3 is 0 Å². The molecule has 2 heterocycles. The number of aromatic nitrogens is 2. The molecule has 4 nitrogen and oxygen atoms in total. The van der Waals surface area contributed by atoms with Gasteiger partial charge < -0.3 is 5.73 Å². The Balaban J connectivity index is 2.33. The molecule has 0 amide bonds. The number of rotatable bonds is 1. The molecule has 0 radical (unpaired) electrons. The molecule has 20 heavy (non-hydrogen) atoms. The van der Waals surface area contributed by atoms with Crippen LogP contribution in [0, 0.1) is 13.8 Å². The van der Waals surface area contributed by atoms with Crippen LogP contribution in [0.25, 0.3) is 16.8 Å². The van der Waals surface area contributed by atoms with E-state index in [2.05, 4.69) is 4.98 Å². The fourth-order valence-electron chi connectivity index (χ4n) is 2.31. The second kappa shape index (κ2) is 4.49. The van der Waals surface area contributed by atoms with Crippen molar-refractivity contribution in [2.75, 3.05) is 5.73 Å². The van der Waals surface area contributed by atoms with Gasteiger partial charge in [-0.1, -0.05) is 12.1 Å². The fourth-order valence-corrected chi connectivity index (χ4v) is 2.31. The van der Waals surface area contributed by atoms with Crippen molar-refractivity contribution in [3.05, 3.63) is 64.2 Å². The molecule has 3 rings (SSSR count). The normalized spacial score (nSPS) is 10.9. The largest absolute Gasteiger partial charge is 0.398 e. The SMILES string of the molecule is Cc1ccn2c(=O)c(-c3cccc(N)c3C)cnc2c1. The summed E-state index contributed by atoms with van der Waals surface area (Å²) in [5, 5.41) is 0. The number of hydrogen-bond donors (Lipinski definition) is 1. The van der Waals surface area contributed by atoms with Crippen molar-refractivity contribution in [1.29, 1.82) is 0 Å². The molecule has 0 aliphatic carbocycles. The minimum absolute atomic E-state index is 0.0799. The van der Waals surface area contributed by atoms with Gasteiger partial charge in [0.15, 0.2) is 0 Å². The van der Waals surface area contributed by atoms with Gasteiger partial charge in [0.25, 0.3) is 5.56 Å². The first-order chi connectivity index (χ1) is 9.58. The van der Waals surface area contributed by atoms with E-state index in [1.165, 1.54) is 0 Å². The van der Waals surface area contributed by atoms with Crippen LogP contribution in [0.2, 0.25) is 0 Å². The van der Waals surface area contributed by atoms with Crippen LogP contribution in [-0.2, 0) is 0 Å². The fraction of sp³-hybridized carbons (Fsp3) is 0.125. The molecule has 0 unspecified atom stereocenters. The Morgan fingerprint density at radius 1 is 1.15 bits per heavy atom. The maximum Gasteiger partial charge on any atom is 0.265 e. The lowest BCUT2D eigenvalue weighted by Crippen LogP contribution is -2.17. The number of nitrogens with zero attached hydrogens (tertiary/aromatic N) is 2. The Morgan fingerprint density at radius 3 is 2.75 bits per heavy atom. The first kappa shape index (κ1) is 12.4. The van der Waals surface area contributed by atoms with Crippen molar-refractivity contribution in [3.63, 3.8) is 0 Å². The highest BCUT2D eigenvalue weighted by molar-refractivity contribution is 5.72. The van der Waals surface area contributed by atoms with Crippen LogP contribution in [0.3, 0.4) is 0 Å². The highest BCUT2D eigenvalue weighted by atomic mass is 16.1. The van der Waals surface area contributed by atoms with Gasteiger partial charge in [-0.05, 0) is 48.7 Å². The van der Waals surface area contributed by atoms with Gasteiger partial charge in [0, 0.05) is 18.1 Å². The summed E-state index contributed by atoms with van der Waals surface area (Å²) in [7, 11) is 0. The third kappa shape index (κ3) is 1.86. The minimum Gasteiger partial charge on any atom is -0.398 e. The van der Waals surface area contributed by atoms with Gasteiger partial charge in [0.1, 0.15) is 5.65 Å². The standard InChI is InChI=1S/C16H15N3O/c1-10-6-7-19-15(8-10)18-9-13(16(19)20)12-4-3-5-14(17)11(12)2/h3-9H,17H2,1-2H3. The highest BCUT2D eigenvalue weighted by Gasteiger charge is 2.10. The van der Waals surface area contributed by atoms with E-state index >= 15 is 0 Å². The Morgan fingerprint density at radius 2 is 1.95 bits per heavy atom. The van der Waals surface area contributed by atoms with Crippen LogP contribution in [-0.4, -0.2) is 9.38 Å². The quantitative estimate of drug-likeness (QED) is 0.688. The van der Waals surface area contributed by atoms with E-state index in [4.69, 9.17) is 5.73 Å². The lowest BCUT2D eigenvalue weighted by molar-refractivity contribution is 1.04. The summed E-state index contributed by atoms with van der Waals surface area (Å²) in [4.78, 5) is 17.0. The molecule has 4 heteroatoms. The van der Waals surface area contributed by atoms with Crippen molar-refractivity contribution in [1.82, 2.24) is 9.38 Å². The van der Waals surface area contributed by atoms with Crippen molar-refractivity contribution in [2.45, 2.75) is 13.8 Å². The Labute approximate surface area is 116 Å². The number of aryl methyl sites for hydroxylation is 1. The lowest BCUT2D eigenvalue weighted by Gasteiger charge is -2.09. The monoisotopic (exact) mass is 265 g/mol. The van der Waals surface area contributed by atoms with Crippen molar-refractivity contribution < 1.29 is 0 Å². The summed E-state index contributed by atoms with van der Waals surface area (Å²) in [5.41, 5.74) is 10.5. The number of hydrogen-bond acceptors (Lipinski definition) is 3. The van der Waals surface area contributed by atoms with Crippen LogP contribution in [0.5, 0.6) is 0 Å². The molecule has 0 aliphatic heterocycles. The van der Waals surface area contributed by atoms with Crippen molar-refractivity contribution >= 4 is 11.3 Å². The van der Waals surface area contributed by atoms with Crippen LogP contribution < -0.4 is 11.3 Å². The average molecular weight is 265 g/mol. The van der Waals surface area contributed by atoms with Gasteiger partial charge in [0.2, 0.25) is 0 Å². The van der Waals surface area contributed by atoms with Crippen LogP contribution in [0.15, 0.2) is 47.5 Å². The van der Waals surface area contributed by atoms with Crippen molar-refractivity contribution in [3.8, 4) is 11.1 Å².